The zero-order valence-electron chi connectivity index (χ0n) is 11.3. The molecule has 1 aliphatic heterocycles. The van der Waals surface area contributed by atoms with Crippen LogP contribution in [0.3, 0.4) is 0 Å². The Kier molecular flexibility index (Phi) is 4.29. The van der Waals surface area contributed by atoms with Gasteiger partial charge in [0.2, 0.25) is 10.0 Å². The van der Waals surface area contributed by atoms with Crippen molar-refractivity contribution in [3.05, 3.63) is 23.8 Å². The SMILES string of the molecule is CCCC1CCN(S(=O)(=O)c2cc(N)cc(F)c2F)C1. The first-order valence-corrected chi connectivity index (χ1v) is 8.05. The molecule has 1 fully saturated rings. The fourth-order valence-corrected chi connectivity index (χ4v) is 4.21. The molecule has 2 rings (SSSR count). The molecule has 1 aromatic rings. The molecule has 0 spiro atoms. The lowest BCUT2D eigenvalue weighted by Crippen LogP contribution is -2.30. The van der Waals surface area contributed by atoms with E-state index in [1.165, 1.54) is 4.31 Å². The zero-order valence-corrected chi connectivity index (χ0v) is 12.1. The molecular formula is C13H18F2N2O2S. The number of nitrogen functional groups attached to an aromatic ring is 1. The highest BCUT2D eigenvalue weighted by Crippen LogP contribution is 2.29. The molecule has 2 N–H and O–H groups in total. The van der Waals surface area contributed by atoms with Crippen LogP contribution < -0.4 is 5.73 Å². The number of benzene rings is 1. The summed E-state index contributed by atoms with van der Waals surface area (Å²) < 4.78 is 53.0. The molecule has 1 saturated heterocycles. The topological polar surface area (TPSA) is 63.4 Å². The lowest BCUT2D eigenvalue weighted by molar-refractivity contribution is 0.434. The fraction of sp³-hybridized carbons (Fsp3) is 0.538. The molecule has 0 amide bonds. The standard InChI is InChI=1S/C13H18F2N2O2S/c1-2-3-9-4-5-17(8-9)20(18,19)12-7-10(16)6-11(14)13(12)15/h6-7,9H,2-5,8,16H2,1H3. The van der Waals surface area contributed by atoms with Gasteiger partial charge in [-0.15, -0.1) is 0 Å². The third-order valence-electron chi connectivity index (χ3n) is 3.58. The van der Waals surface area contributed by atoms with Gasteiger partial charge in [0.1, 0.15) is 4.90 Å². The Morgan fingerprint density at radius 1 is 1.40 bits per heavy atom. The van der Waals surface area contributed by atoms with Crippen LogP contribution in [0.5, 0.6) is 0 Å². The molecule has 7 heteroatoms. The molecule has 1 atom stereocenters. The summed E-state index contributed by atoms with van der Waals surface area (Å²) in [4.78, 5) is -0.674. The first-order chi connectivity index (χ1) is 9.36. The average Bonchev–Trinajstić information content (AvgIpc) is 2.83. The summed E-state index contributed by atoms with van der Waals surface area (Å²) in [6.07, 6.45) is 2.65. The smallest absolute Gasteiger partial charge is 0.246 e. The summed E-state index contributed by atoms with van der Waals surface area (Å²) in [5, 5.41) is 0. The predicted molar refractivity (Wildman–Crippen MR) is 72.5 cm³/mol. The summed E-state index contributed by atoms with van der Waals surface area (Å²) in [6.45, 7) is 2.72. The molecule has 1 heterocycles. The van der Waals surface area contributed by atoms with E-state index in [0.29, 0.717) is 13.1 Å². The van der Waals surface area contributed by atoms with Crippen molar-refractivity contribution in [2.75, 3.05) is 18.8 Å². The summed E-state index contributed by atoms with van der Waals surface area (Å²) in [6, 6.07) is 1.75. The third kappa shape index (κ3) is 2.78. The highest BCUT2D eigenvalue weighted by atomic mass is 32.2. The van der Waals surface area contributed by atoms with Gasteiger partial charge in [-0.3, -0.25) is 0 Å². The Labute approximate surface area is 117 Å². The van der Waals surface area contributed by atoms with Crippen molar-refractivity contribution >= 4 is 15.7 Å². The van der Waals surface area contributed by atoms with Crippen LogP contribution in [0.25, 0.3) is 0 Å². The maximum absolute atomic E-state index is 13.7. The number of halogens is 2. The summed E-state index contributed by atoms with van der Waals surface area (Å²) in [5.74, 6) is -2.32. The number of nitrogens with zero attached hydrogens (tertiary/aromatic N) is 1. The molecule has 0 saturated carbocycles. The van der Waals surface area contributed by atoms with E-state index in [2.05, 4.69) is 0 Å². The Balaban J connectivity index is 2.32. The number of rotatable bonds is 4. The molecule has 1 unspecified atom stereocenters. The second kappa shape index (κ2) is 5.65. The van der Waals surface area contributed by atoms with Crippen LogP contribution in [-0.4, -0.2) is 25.8 Å². The Morgan fingerprint density at radius 2 is 2.10 bits per heavy atom. The van der Waals surface area contributed by atoms with Crippen LogP contribution in [0, 0.1) is 17.6 Å². The van der Waals surface area contributed by atoms with Crippen molar-refractivity contribution in [1.82, 2.24) is 4.31 Å². The molecule has 20 heavy (non-hydrogen) atoms. The van der Waals surface area contributed by atoms with Crippen molar-refractivity contribution in [3.63, 3.8) is 0 Å². The largest absolute Gasteiger partial charge is 0.399 e. The van der Waals surface area contributed by atoms with Gasteiger partial charge < -0.3 is 5.73 Å². The van der Waals surface area contributed by atoms with E-state index in [9.17, 15) is 17.2 Å². The summed E-state index contributed by atoms with van der Waals surface area (Å²) >= 11 is 0. The van der Waals surface area contributed by atoms with Gasteiger partial charge in [-0.05, 0) is 30.9 Å². The van der Waals surface area contributed by atoms with Gasteiger partial charge in [0.25, 0.3) is 0 Å². The van der Waals surface area contributed by atoms with Crippen molar-refractivity contribution in [1.29, 1.82) is 0 Å². The second-order valence-electron chi connectivity index (χ2n) is 5.12. The van der Waals surface area contributed by atoms with Crippen LogP contribution >= 0.6 is 0 Å². The molecular weight excluding hydrogens is 286 g/mol. The van der Waals surface area contributed by atoms with E-state index in [1.54, 1.807) is 0 Å². The van der Waals surface area contributed by atoms with Crippen LogP contribution in [-0.2, 0) is 10.0 Å². The molecule has 1 aliphatic rings. The number of nitrogens with two attached hydrogens (primary N) is 1. The van der Waals surface area contributed by atoms with Crippen molar-refractivity contribution in [3.8, 4) is 0 Å². The minimum Gasteiger partial charge on any atom is -0.399 e. The molecule has 4 nitrogen and oxygen atoms in total. The predicted octanol–water partition coefficient (Wildman–Crippen LogP) is 2.36. The molecule has 0 aliphatic carbocycles. The van der Waals surface area contributed by atoms with Crippen molar-refractivity contribution < 1.29 is 17.2 Å². The maximum atomic E-state index is 13.7. The first-order valence-electron chi connectivity index (χ1n) is 6.61. The van der Waals surface area contributed by atoms with Gasteiger partial charge >= 0.3 is 0 Å². The molecule has 0 radical (unpaired) electrons. The summed E-state index contributed by atoms with van der Waals surface area (Å²) in [5.41, 5.74) is 5.30. The quantitative estimate of drug-likeness (QED) is 0.869. The van der Waals surface area contributed by atoms with Crippen LogP contribution in [0.1, 0.15) is 26.2 Å². The van der Waals surface area contributed by atoms with E-state index in [-0.39, 0.29) is 11.6 Å². The highest BCUT2D eigenvalue weighted by molar-refractivity contribution is 7.89. The van der Waals surface area contributed by atoms with Crippen molar-refractivity contribution in [2.24, 2.45) is 5.92 Å². The lowest BCUT2D eigenvalue weighted by Gasteiger charge is -2.17. The van der Waals surface area contributed by atoms with E-state index >= 15 is 0 Å². The Hall–Kier alpha value is -1.21. The van der Waals surface area contributed by atoms with Gasteiger partial charge in [-0.1, -0.05) is 13.3 Å². The molecule has 0 bridgehead atoms. The summed E-state index contributed by atoms with van der Waals surface area (Å²) in [7, 11) is -4.03. The number of sulfonamides is 1. The van der Waals surface area contributed by atoms with Gasteiger partial charge in [-0.2, -0.15) is 4.31 Å². The van der Waals surface area contributed by atoms with Crippen molar-refractivity contribution in [2.45, 2.75) is 31.1 Å². The molecule has 0 aromatic heterocycles. The molecule has 1 aromatic carbocycles. The highest BCUT2D eigenvalue weighted by Gasteiger charge is 2.34. The van der Waals surface area contributed by atoms with Gasteiger partial charge in [-0.25, -0.2) is 17.2 Å². The minimum absolute atomic E-state index is 0.105. The third-order valence-corrected chi connectivity index (χ3v) is 5.44. The Morgan fingerprint density at radius 3 is 2.75 bits per heavy atom. The number of anilines is 1. The van der Waals surface area contributed by atoms with Crippen LogP contribution in [0.4, 0.5) is 14.5 Å². The zero-order chi connectivity index (χ0) is 14.9. The monoisotopic (exact) mass is 304 g/mol. The Bertz CT molecular complexity index is 605. The minimum atomic E-state index is -4.03. The normalized spacial score (nSPS) is 20.4. The molecule has 112 valence electrons. The average molecular weight is 304 g/mol. The van der Waals surface area contributed by atoms with E-state index in [0.717, 1.165) is 31.4 Å². The fourth-order valence-electron chi connectivity index (χ4n) is 2.57. The number of hydrogen-bond donors (Lipinski definition) is 1. The van der Waals surface area contributed by atoms with Gasteiger partial charge in [0.15, 0.2) is 11.6 Å². The second-order valence-corrected chi connectivity index (χ2v) is 7.03. The van der Waals surface area contributed by atoms with Crippen LogP contribution in [0.15, 0.2) is 17.0 Å². The van der Waals surface area contributed by atoms with Gasteiger partial charge in [0.05, 0.1) is 0 Å². The maximum Gasteiger partial charge on any atom is 0.246 e. The van der Waals surface area contributed by atoms with Gasteiger partial charge in [0, 0.05) is 18.8 Å². The lowest BCUT2D eigenvalue weighted by atomic mass is 10.0. The van der Waals surface area contributed by atoms with E-state index < -0.39 is 26.6 Å². The number of hydrogen-bond acceptors (Lipinski definition) is 3. The van der Waals surface area contributed by atoms with Crippen LogP contribution in [0.2, 0.25) is 0 Å². The first kappa shape index (κ1) is 15.2. The van der Waals surface area contributed by atoms with E-state index in [4.69, 9.17) is 5.73 Å². The van der Waals surface area contributed by atoms with E-state index in [1.807, 2.05) is 6.92 Å².